The highest BCUT2D eigenvalue weighted by atomic mass is 32.2. The number of sulfonamides is 1. The number of fused-ring (bicyclic) bond motifs is 1. The van der Waals surface area contributed by atoms with E-state index in [1.807, 2.05) is 0 Å². The number of rotatable bonds is 4. The minimum Gasteiger partial charge on any atom is -0.328 e. The van der Waals surface area contributed by atoms with Crippen molar-refractivity contribution in [1.29, 1.82) is 0 Å². The Kier molecular flexibility index (Phi) is 4.51. The van der Waals surface area contributed by atoms with Crippen molar-refractivity contribution in [2.24, 2.45) is 4.99 Å². The van der Waals surface area contributed by atoms with Crippen LogP contribution >= 0.6 is 0 Å². The van der Waals surface area contributed by atoms with Crippen LogP contribution in [0.4, 0.5) is 16.2 Å². The van der Waals surface area contributed by atoms with Crippen LogP contribution in [-0.4, -0.2) is 45.2 Å². The lowest BCUT2D eigenvalue weighted by Gasteiger charge is -2.13. The number of benzene rings is 2. The number of carbonyl (C=O) groups is 3. The zero-order valence-electron chi connectivity index (χ0n) is 14.9. The van der Waals surface area contributed by atoms with Gasteiger partial charge in [-0.25, -0.2) is 18.1 Å². The number of anilines is 2. The highest BCUT2D eigenvalue weighted by Crippen LogP contribution is 2.23. The van der Waals surface area contributed by atoms with Crippen LogP contribution in [0.1, 0.15) is 5.56 Å². The first-order valence-corrected chi connectivity index (χ1v) is 10.0. The number of nitrogens with zero attached hydrogens (tertiary/aromatic N) is 2. The number of hydrogen-bond donors (Lipinski definition) is 3. The first-order chi connectivity index (χ1) is 13.8. The molecule has 148 valence electrons. The second-order valence-corrected chi connectivity index (χ2v) is 7.90. The minimum atomic E-state index is -3.67. The van der Waals surface area contributed by atoms with E-state index in [4.69, 9.17) is 0 Å². The average Bonchev–Trinajstić information content (AvgIpc) is 3.16. The molecule has 0 aromatic heterocycles. The van der Waals surface area contributed by atoms with Gasteiger partial charge in [0.2, 0.25) is 5.91 Å². The molecule has 11 heteroatoms. The van der Waals surface area contributed by atoms with Gasteiger partial charge in [0.05, 0.1) is 17.1 Å². The van der Waals surface area contributed by atoms with E-state index in [0.717, 1.165) is 4.90 Å². The molecule has 2 aromatic carbocycles. The van der Waals surface area contributed by atoms with E-state index in [2.05, 4.69) is 20.3 Å². The third-order valence-corrected chi connectivity index (χ3v) is 5.67. The molecule has 0 bridgehead atoms. The van der Waals surface area contributed by atoms with Crippen LogP contribution in [0.5, 0.6) is 0 Å². The van der Waals surface area contributed by atoms with E-state index in [1.165, 1.54) is 12.1 Å². The van der Waals surface area contributed by atoms with Crippen molar-refractivity contribution >= 4 is 45.1 Å². The third kappa shape index (κ3) is 3.55. The second kappa shape index (κ2) is 7.02. The van der Waals surface area contributed by atoms with Gasteiger partial charge < -0.3 is 10.6 Å². The van der Waals surface area contributed by atoms with Crippen LogP contribution in [-0.2, 0) is 19.6 Å². The van der Waals surface area contributed by atoms with Gasteiger partial charge in [-0.15, -0.1) is 0 Å². The maximum absolute atomic E-state index is 12.2. The lowest BCUT2D eigenvalue weighted by Crippen LogP contribution is -2.30. The Hall–Kier alpha value is -3.73. The van der Waals surface area contributed by atoms with Gasteiger partial charge in [0, 0.05) is 11.3 Å². The Morgan fingerprint density at radius 1 is 1.14 bits per heavy atom. The number of amides is 4. The predicted octanol–water partition coefficient (Wildman–Crippen LogP) is 0.420. The van der Waals surface area contributed by atoms with E-state index in [1.54, 1.807) is 36.4 Å². The number of aliphatic imine (C=N–C) groups is 1. The number of hydrogen-bond acceptors (Lipinski definition) is 6. The molecule has 2 aromatic rings. The minimum absolute atomic E-state index is 0.0791. The summed E-state index contributed by atoms with van der Waals surface area (Å²) < 4.78 is 26.4. The summed E-state index contributed by atoms with van der Waals surface area (Å²) in [6.45, 7) is -0.399. The highest BCUT2D eigenvalue weighted by molar-refractivity contribution is 7.90. The molecule has 0 unspecified atom stereocenters. The van der Waals surface area contributed by atoms with Crippen molar-refractivity contribution in [3.8, 4) is 0 Å². The molecule has 4 rings (SSSR count). The van der Waals surface area contributed by atoms with E-state index < -0.39 is 27.9 Å². The molecule has 4 amide bonds. The number of imide groups is 1. The van der Waals surface area contributed by atoms with Crippen LogP contribution in [0, 0.1) is 0 Å². The van der Waals surface area contributed by atoms with Crippen LogP contribution in [0.15, 0.2) is 58.4 Å². The molecule has 10 nitrogen and oxygen atoms in total. The zero-order chi connectivity index (χ0) is 20.6. The van der Waals surface area contributed by atoms with Gasteiger partial charge in [0.15, 0.2) is 0 Å². The molecule has 2 heterocycles. The molecule has 1 saturated heterocycles. The maximum Gasteiger partial charge on any atom is 0.329 e. The molecule has 1 fully saturated rings. The van der Waals surface area contributed by atoms with Crippen molar-refractivity contribution in [3.05, 3.63) is 54.1 Å². The summed E-state index contributed by atoms with van der Waals surface area (Å²) in [5, 5.41) is 5.03. The van der Waals surface area contributed by atoms with Crippen molar-refractivity contribution in [2.75, 3.05) is 23.3 Å². The summed E-state index contributed by atoms with van der Waals surface area (Å²) in [6.07, 6.45) is 0. The monoisotopic (exact) mass is 413 g/mol. The molecule has 2 aliphatic heterocycles. The SMILES string of the molecule is O=C(CN=C1NS(=O)(=O)c2ccccc21)Nc1cccc(N2C(=O)CNC2=O)c1. The fourth-order valence-corrected chi connectivity index (χ4v) is 4.26. The Morgan fingerprint density at radius 3 is 2.69 bits per heavy atom. The topological polar surface area (TPSA) is 137 Å². The quantitative estimate of drug-likeness (QED) is 0.624. The van der Waals surface area contributed by atoms with Crippen LogP contribution < -0.4 is 20.3 Å². The zero-order valence-corrected chi connectivity index (χ0v) is 15.7. The first kappa shape index (κ1) is 18.6. The standard InChI is InChI=1S/C18H15N5O5S/c24-15(9-19-17-13-6-1-2-7-14(13)29(27,28)22-17)21-11-4-3-5-12(8-11)23-16(25)10-20-18(23)26/h1-8H,9-10H2,(H,19,22)(H,20,26)(H,21,24). The van der Waals surface area contributed by atoms with Crippen molar-refractivity contribution < 1.29 is 22.8 Å². The molecule has 3 N–H and O–H groups in total. The lowest BCUT2D eigenvalue weighted by atomic mass is 10.2. The Bertz CT molecular complexity index is 1160. The van der Waals surface area contributed by atoms with E-state index >= 15 is 0 Å². The van der Waals surface area contributed by atoms with Crippen LogP contribution in [0.2, 0.25) is 0 Å². The molecule has 29 heavy (non-hydrogen) atoms. The fourth-order valence-electron chi connectivity index (χ4n) is 3.01. The normalized spacial score (nSPS) is 18.3. The molecule has 0 aliphatic carbocycles. The van der Waals surface area contributed by atoms with Gasteiger partial charge in [-0.1, -0.05) is 18.2 Å². The van der Waals surface area contributed by atoms with Crippen molar-refractivity contribution in [1.82, 2.24) is 10.0 Å². The van der Waals surface area contributed by atoms with E-state index in [-0.39, 0.29) is 23.8 Å². The largest absolute Gasteiger partial charge is 0.329 e. The summed E-state index contributed by atoms with van der Waals surface area (Å²) >= 11 is 0. The maximum atomic E-state index is 12.2. The Balaban J connectivity index is 1.48. The molecule has 2 aliphatic rings. The lowest BCUT2D eigenvalue weighted by molar-refractivity contribution is -0.116. The van der Waals surface area contributed by atoms with Crippen molar-refractivity contribution in [2.45, 2.75) is 4.90 Å². The average molecular weight is 413 g/mol. The predicted molar refractivity (Wildman–Crippen MR) is 104 cm³/mol. The number of nitrogens with one attached hydrogen (secondary N) is 3. The van der Waals surface area contributed by atoms with Gasteiger partial charge in [0.1, 0.15) is 12.4 Å². The summed E-state index contributed by atoms with van der Waals surface area (Å²) in [4.78, 5) is 41.0. The molecule has 0 saturated carbocycles. The summed E-state index contributed by atoms with van der Waals surface area (Å²) in [6, 6.07) is 12.1. The highest BCUT2D eigenvalue weighted by Gasteiger charge is 2.31. The summed E-state index contributed by atoms with van der Waals surface area (Å²) in [7, 11) is -3.67. The van der Waals surface area contributed by atoms with Gasteiger partial charge in [-0.3, -0.25) is 19.3 Å². The first-order valence-electron chi connectivity index (χ1n) is 8.52. The molecule has 0 radical (unpaired) electrons. The third-order valence-electron chi connectivity index (χ3n) is 4.27. The Morgan fingerprint density at radius 2 is 1.93 bits per heavy atom. The van der Waals surface area contributed by atoms with Crippen molar-refractivity contribution in [3.63, 3.8) is 0 Å². The molecule has 0 spiro atoms. The number of amidine groups is 1. The molecule has 0 atom stereocenters. The van der Waals surface area contributed by atoms with Crippen LogP contribution in [0.25, 0.3) is 0 Å². The van der Waals surface area contributed by atoms with Crippen LogP contribution in [0.3, 0.4) is 0 Å². The second-order valence-electron chi connectivity index (χ2n) is 6.25. The van der Waals surface area contributed by atoms with Gasteiger partial charge in [-0.2, -0.15) is 0 Å². The van der Waals surface area contributed by atoms with Gasteiger partial charge >= 0.3 is 6.03 Å². The van der Waals surface area contributed by atoms with E-state index in [0.29, 0.717) is 16.9 Å². The Labute approximate surface area is 165 Å². The molecular formula is C18H15N5O5S. The fraction of sp³-hybridized carbons (Fsp3) is 0.111. The summed E-state index contributed by atoms with van der Waals surface area (Å²) in [5.41, 5.74) is 1.10. The summed E-state index contributed by atoms with van der Waals surface area (Å²) in [5.74, 6) is -0.781. The smallest absolute Gasteiger partial charge is 0.328 e. The van der Waals surface area contributed by atoms with Gasteiger partial charge in [0.25, 0.3) is 15.9 Å². The number of carbonyl (C=O) groups excluding carboxylic acids is 3. The number of urea groups is 1. The van der Waals surface area contributed by atoms with Gasteiger partial charge in [-0.05, 0) is 30.3 Å². The van der Waals surface area contributed by atoms with E-state index in [9.17, 15) is 22.8 Å². The molecular weight excluding hydrogens is 398 g/mol.